The van der Waals surface area contributed by atoms with Crippen LogP contribution in [-0.4, -0.2) is 24.7 Å². The van der Waals surface area contributed by atoms with Crippen LogP contribution in [0.4, 0.5) is 0 Å². The summed E-state index contributed by atoms with van der Waals surface area (Å²) in [6.45, 7) is 4.80. The Morgan fingerprint density at radius 2 is 1.93 bits per heavy atom. The summed E-state index contributed by atoms with van der Waals surface area (Å²) in [5.74, 6) is 0. The molecule has 0 aromatic carbocycles. The van der Waals surface area contributed by atoms with Gasteiger partial charge in [0.05, 0.1) is 0 Å². The highest BCUT2D eigenvalue weighted by molar-refractivity contribution is 4.89. The molecule has 15 heavy (non-hydrogen) atoms. The number of hydrogen-bond acceptors (Lipinski definition) is 2. The van der Waals surface area contributed by atoms with Crippen molar-refractivity contribution < 1.29 is 0 Å². The zero-order valence-corrected chi connectivity index (χ0v) is 10.1. The molecule has 2 heteroatoms. The second kappa shape index (κ2) is 5.31. The molecule has 0 radical (unpaired) electrons. The van der Waals surface area contributed by atoms with Crippen LogP contribution in [0.3, 0.4) is 0 Å². The van der Waals surface area contributed by atoms with Crippen molar-refractivity contribution in [1.29, 1.82) is 0 Å². The molecule has 0 aromatic rings. The van der Waals surface area contributed by atoms with E-state index in [4.69, 9.17) is 0 Å². The van der Waals surface area contributed by atoms with Gasteiger partial charge in [-0.05, 0) is 39.2 Å². The van der Waals surface area contributed by atoms with Crippen LogP contribution in [-0.2, 0) is 0 Å². The van der Waals surface area contributed by atoms with E-state index in [1.54, 1.807) is 0 Å². The average Bonchev–Trinajstić information content (AvgIpc) is 2.53. The lowest BCUT2D eigenvalue weighted by molar-refractivity contribution is 0.333. The molecule has 1 atom stereocenters. The predicted octanol–water partition coefficient (Wildman–Crippen LogP) is 2.44. The normalized spacial score (nSPS) is 31.4. The van der Waals surface area contributed by atoms with E-state index in [-0.39, 0.29) is 0 Å². The van der Waals surface area contributed by atoms with Gasteiger partial charge in [-0.15, -0.1) is 0 Å². The van der Waals surface area contributed by atoms with E-state index in [0.29, 0.717) is 5.54 Å². The van der Waals surface area contributed by atoms with Crippen LogP contribution in [0.5, 0.6) is 0 Å². The predicted molar refractivity (Wildman–Crippen MR) is 65.1 cm³/mol. The Kier molecular flexibility index (Phi) is 4.04. The molecule has 1 aliphatic carbocycles. The van der Waals surface area contributed by atoms with Gasteiger partial charge in [-0.1, -0.05) is 25.7 Å². The van der Waals surface area contributed by atoms with Crippen molar-refractivity contribution in [2.24, 2.45) is 0 Å². The van der Waals surface area contributed by atoms with Gasteiger partial charge in [0.25, 0.3) is 0 Å². The maximum Gasteiger partial charge on any atom is 0.0192 e. The van der Waals surface area contributed by atoms with Gasteiger partial charge < -0.3 is 10.6 Å². The largest absolute Gasteiger partial charge is 0.313 e. The molecule has 0 aromatic heterocycles. The highest BCUT2D eigenvalue weighted by Crippen LogP contribution is 2.28. The second-order valence-corrected chi connectivity index (χ2v) is 5.65. The van der Waals surface area contributed by atoms with Crippen molar-refractivity contribution in [2.45, 2.75) is 69.9 Å². The van der Waals surface area contributed by atoms with Crippen LogP contribution in [0.1, 0.15) is 58.3 Å². The number of rotatable bonds is 3. The molecule has 1 saturated carbocycles. The third kappa shape index (κ3) is 3.46. The Balaban J connectivity index is 1.71. The molecule has 2 rings (SSSR count). The minimum Gasteiger partial charge on any atom is -0.313 e. The summed E-state index contributed by atoms with van der Waals surface area (Å²) in [6.07, 6.45) is 11.1. The topological polar surface area (TPSA) is 24.1 Å². The van der Waals surface area contributed by atoms with Gasteiger partial charge in [0, 0.05) is 18.1 Å². The first-order valence-electron chi connectivity index (χ1n) is 6.77. The first kappa shape index (κ1) is 11.4. The van der Waals surface area contributed by atoms with Crippen LogP contribution < -0.4 is 10.6 Å². The summed E-state index contributed by atoms with van der Waals surface area (Å²) in [5.41, 5.74) is 0.452. The van der Waals surface area contributed by atoms with Crippen molar-refractivity contribution in [1.82, 2.24) is 10.6 Å². The zero-order valence-electron chi connectivity index (χ0n) is 10.1. The smallest absolute Gasteiger partial charge is 0.0192 e. The maximum absolute atomic E-state index is 3.79. The van der Waals surface area contributed by atoms with Crippen LogP contribution in [0.2, 0.25) is 0 Å². The van der Waals surface area contributed by atoms with E-state index in [1.807, 2.05) is 0 Å². The Morgan fingerprint density at radius 3 is 2.73 bits per heavy atom. The summed E-state index contributed by atoms with van der Waals surface area (Å²) >= 11 is 0. The van der Waals surface area contributed by atoms with Gasteiger partial charge in [0.2, 0.25) is 0 Å². The molecule has 2 N–H and O–H groups in total. The average molecular weight is 210 g/mol. The molecule has 2 nitrogen and oxygen atoms in total. The second-order valence-electron chi connectivity index (χ2n) is 5.65. The molecule has 0 amide bonds. The standard InChI is InChI=1S/C13H26N2/c1-13(8-4-5-9-13)15-11-12-7-3-2-6-10-14-12/h12,14-15H,2-11H2,1H3. The summed E-state index contributed by atoms with van der Waals surface area (Å²) in [5, 5.41) is 7.45. The van der Waals surface area contributed by atoms with Crippen molar-refractivity contribution in [3.63, 3.8) is 0 Å². The van der Waals surface area contributed by atoms with E-state index < -0.39 is 0 Å². The fourth-order valence-corrected chi connectivity index (χ4v) is 2.98. The Bertz CT molecular complexity index is 177. The fourth-order valence-electron chi connectivity index (χ4n) is 2.98. The van der Waals surface area contributed by atoms with Crippen LogP contribution >= 0.6 is 0 Å². The lowest BCUT2D eigenvalue weighted by Gasteiger charge is -2.28. The quantitative estimate of drug-likeness (QED) is 0.747. The fraction of sp³-hybridized carbons (Fsp3) is 1.00. The van der Waals surface area contributed by atoms with Gasteiger partial charge in [0.15, 0.2) is 0 Å². The van der Waals surface area contributed by atoms with E-state index in [1.165, 1.54) is 64.5 Å². The summed E-state index contributed by atoms with van der Waals surface area (Å²) in [4.78, 5) is 0. The van der Waals surface area contributed by atoms with Gasteiger partial charge in [0.1, 0.15) is 0 Å². The van der Waals surface area contributed by atoms with Crippen LogP contribution in [0.15, 0.2) is 0 Å². The van der Waals surface area contributed by atoms with Gasteiger partial charge in [-0.2, -0.15) is 0 Å². The van der Waals surface area contributed by atoms with E-state index in [9.17, 15) is 0 Å². The lowest BCUT2D eigenvalue weighted by atomic mass is 10.00. The van der Waals surface area contributed by atoms with E-state index >= 15 is 0 Å². The Morgan fingerprint density at radius 1 is 1.13 bits per heavy atom. The lowest BCUT2D eigenvalue weighted by Crippen LogP contribution is -2.47. The summed E-state index contributed by atoms with van der Waals surface area (Å²) in [7, 11) is 0. The zero-order chi connectivity index (χ0) is 10.6. The summed E-state index contributed by atoms with van der Waals surface area (Å²) < 4.78 is 0. The van der Waals surface area contributed by atoms with Crippen molar-refractivity contribution in [3.05, 3.63) is 0 Å². The van der Waals surface area contributed by atoms with Gasteiger partial charge >= 0.3 is 0 Å². The molecule has 1 saturated heterocycles. The monoisotopic (exact) mass is 210 g/mol. The third-order valence-corrected chi connectivity index (χ3v) is 4.14. The number of nitrogens with one attached hydrogen (secondary N) is 2. The molecule has 1 heterocycles. The number of hydrogen-bond donors (Lipinski definition) is 2. The minimum absolute atomic E-state index is 0.452. The van der Waals surface area contributed by atoms with Crippen LogP contribution in [0.25, 0.3) is 0 Å². The molecule has 2 fully saturated rings. The van der Waals surface area contributed by atoms with Crippen molar-refractivity contribution in [2.75, 3.05) is 13.1 Å². The Hall–Kier alpha value is -0.0800. The minimum atomic E-state index is 0.452. The molecular formula is C13H26N2. The summed E-state index contributed by atoms with van der Waals surface area (Å²) in [6, 6.07) is 0.727. The third-order valence-electron chi connectivity index (χ3n) is 4.14. The van der Waals surface area contributed by atoms with Crippen molar-refractivity contribution in [3.8, 4) is 0 Å². The van der Waals surface area contributed by atoms with E-state index in [2.05, 4.69) is 17.6 Å². The molecule has 0 spiro atoms. The molecule has 0 bridgehead atoms. The van der Waals surface area contributed by atoms with E-state index in [0.717, 1.165) is 6.04 Å². The van der Waals surface area contributed by atoms with Gasteiger partial charge in [-0.3, -0.25) is 0 Å². The maximum atomic E-state index is 3.79. The highest BCUT2D eigenvalue weighted by Gasteiger charge is 2.28. The molecule has 88 valence electrons. The molecular weight excluding hydrogens is 184 g/mol. The Labute approximate surface area is 94.2 Å². The molecule has 2 aliphatic rings. The van der Waals surface area contributed by atoms with Gasteiger partial charge in [-0.25, -0.2) is 0 Å². The molecule has 1 aliphatic heterocycles. The van der Waals surface area contributed by atoms with Crippen LogP contribution in [0, 0.1) is 0 Å². The SMILES string of the molecule is CC1(NCC2CCCCCN2)CCCC1. The highest BCUT2D eigenvalue weighted by atomic mass is 15.0. The molecule has 1 unspecified atom stereocenters. The first-order valence-corrected chi connectivity index (χ1v) is 6.77. The first-order chi connectivity index (χ1) is 7.29. The van der Waals surface area contributed by atoms with Crippen molar-refractivity contribution >= 4 is 0 Å².